The van der Waals surface area contributed by atoms with Gasteiger partial charge in [0, 0.05) is 51.6 Å². The minimum absolute atomic E-state index is 0. The van der Waals surface area contributed by atoms with Crippen LogP contribution in [0.3, 0.4) is 0 Å². The Morgan fingerprint density at radius 2 is 2.04 bits per heavy atom. The first-order valence-corrected chi connectivity index (χ1v) is 10.3. The van der Waals surface area contributed by atoms with E-state index in [9.17, 15) is 0 Å². The van der Waals surface area contributed by atoms with Gasteiger partial charge in [-0.25, -0.2) is 0 Å². The lowest BCUT2D eigenvalue weighted by atomic mass is 10.1. The molecule has 0 amide bonds. The van der Waals surface area contributed by atoms with Crippen molar-refractivity contribution in [3.63, 3.8) is 0 Å². The highest BCUT2D eigenvalue weighted by molar-refractivity contribution is 14.0. The number of para-hydroxylation sites is 1. The quantitative estimate of drug-likeness (QED) is 0.391. The zero-order chi connectivity index (χ0) is 18.6. The molecule has 0 radical (unpaired) electrons. The summed E-state index contributed by atoms with van der Waals surface area (Å²) in [6, 6.07) is 9.17. The van der Waals surface area contributed by atoms with Gasteiger partial charge in [0.15, 0.2) is 5.96 Å². The Kier molecular flexibility index (Phi) is 7.82. The van der Waals surface area contributed by atoms with Crippen LogP contribution in [0.15, 0.2) is 29.3 Å². The van der Waals surface area contributed by atoms with Crippen molar-refractivity contribution in [1.82, 2.24) is 10.2 Å². The molecule has 6 nitrogen and oxygen atoms in total. The van der Waals surface area contributed by atoms with Gasteiger partial charge in [0.05, 0.1) is 12.7 Å². The summed E-state index contributed by atoms with van der Waals surface area (Å²) in [5.41, 5.74) is 2.84. The summed E-state index contributed by atoms with van der Waals surface area (Å²) < 4.78 is 11.8. The van der Waals surface area contributed by atoms with Crippen molar-refractivity contribution >= 4 is 35.6 Å². The Morgan fingerprint density at radius 3 is 2.82 bits per heavy atom. The van der Waals surface area contributed by atoms with Crippen LogP contribution < -0.4 is 10.2 Å². The third kappa shape index (κ3) is 4.74. The lowest BCUT2D eigenvalue weighted by Crippen LogP contribution is -2.54. The second-order valence-electron chi connectivity index (χ2n) is 7.76. The van der Waals surface area contributed by atoms with Crippen LogP contribution in [-0.2, 0) is 15.9 Å². The molecular weight excluding hydrogens is 467 g/mol. The molecule has 1 aromatic carbocycles. The molecule has 3 aliphatic rings. The van der Waals surface area contributed by atoms with E-state index >= 15 is 0 Å². The van der Waals surface area contributed by atoms with Gasteiger partial charge in [0.25, 0.3) is 0 Å². The summed E-state index contributed by atoms with van der Waals surface area (Å²) in [7, 11) is 1.87. The van der Waals surface area contributed by atoms with Crippen molar-refractivity contribution in [3.05, 3.63) is 29.8 Å². The highest BCUT2D eigenvalue weighted by atomic mass is 127. The van der Waals surface area contributed by atoms with Crippen molar-refractivity contribution in [2.24, 2.45) is 4.99 Å². The maximum absolute atomic E-state index is 5.98. The summed E-state index contributed by atoms with van der Waals surface area (Å²) in [4.78, 5) is 9.36. The molecule has 0 bridgehead atoms. The number of nitrogens with one attached hydrogen (secondary N) is 1. The fraction of sp³-hybridized carbons (Fsp3) is 0.667. The van der Waals surface area contributed by atoms with Crippen LogP contribution >= 0.6 is 24.0 Å². The van der Waals surface area contributed by atoms with Crippen LogP contribution in [0.5, 0.6) is 0 Å². The molecule has 3 unspecified atom stereocenters. The minimum atomic E-state index is 0. The van der Waals surface area contributed by atoms with E-state index < -0.39 is 0 Å². The van der Waals surface area contributed by atoms with Crippen molar-refractivity contribution < 1.29 is 9.47 Å². The lowest BCUT2D eigenvalue weighted by Gasteiger charge is -2.37. The molecule has 0 aliphatic carbocycles. The first-order valence-electron chi connectivity index (χ1n) is 10.3. The van der Waals surface area contributed by atoms with Gasteiger partial charge in [-0.15, -0.1) is 24.0 Å². The number of rotatable bonds is 4. The van der Waals surface area contributed by atoms with Crippen molar-refractivity contribution in [2.45, 2.75) is 44.4 Å². The number of ether oxygens (including phenoxy) is 2. The number of guanidine groups is 1. The van der Waals surface area contributed by atoms with Gasteiger partial charge in [-0.2, -0.15) is 0 Å². The van der Waals surface area contributed by atoms with Crippen LogP contribution in [0.25, 0.3) is 0 Å². The second-order valence-corrected chi connectivity index (χ2v) is 7.76. The van der Waals surface area contributed by atoms with Gasteiger partial charge in [-0.1, -0.05) is 18.2 Å². The summed E-state index contributed by atoms with van der Waals surface area (Å²) in [5, 5.41) is 3.60. The average molecular weight is 500 g/mol. The van der Waals surface area contributed by atoms with Gasteiger partial charge in [-0.05, 0) is 37.8 Å². The Hall–Kier alpha value is -1.06. The number of halogens is 1. The fourth-order valence-corrected chi connectivity index (χ4v) is 4.49. The zero-order valence-electron chi connectivity index (χ0n) is 17.0. The first kappa shape index (κ1) is 21.6. The standard InChI is InChI=1S/C21H32N4O2.HI/c1-16(25-10-9-17-6-3-4-7-18(17)25)14-23-21(22-2)24-11-13-27-20(15-24)19-8-5-12-26-19;/h3-4,6-7,16,19-20H,5,8-15H2,1-2H3,(H,22,23);1H. The summed E-state index contributed by atoms with van der Waals surface area (Å²) in [5.74, 6) is 0.973. The van der Waals surface area contributed by atoms with Gasteiger partial charge < -0.3 is 24.6 Å². The number of aliphatic imine (C=N–C) groups is 1. The number of nitrogens with zero attached hydrogens (tertiary/aromatic N) is 3. The Labute approximate surface area is 185 Å². The number of benzene rings is 1. The molecule has 0 aromatic heterocycles. The minimum Gasteiger partial charge on any atom is -0.375 e. The van der Waals surface area contributed by atoms with E-state index in [-0.39, 0.29) is 36.2 Å². The first-order chi connectivity index (χ1) is 13.3. The molecule has 7 heteroatoms. The molecule has 28 heavy (non-hydrogen) atoms. The molecule has 3 atom stereocenters. The van der Waals surface area contributed by atoms with Crippen LogP contribution in [0.4, 0.5) is 5.69 Å². The number of anilines is 1. The largest absolute Gasteiger partial charge is 0.375 e. The maximum Gasteiger partial charge on any atom is 0.193 e. The van der Waals surface area contributed by atoms with Crippen molar-refractivity contribution in [2.75, 3.05) is 51.3 Å². The van der Waals surface area contributed by atoms with Gasteiger partial charge >= 0.3 is 0 Å². The molecule has 0 spiro atoms. The lowest BCUT2D eigenvalue weighted by molar-refractivity contribution is -0.0816. The van der Waals surface area contributed by atoms with E-state index in [0.717, 1.165) is 64.6 Å². The number of fused-ring (bicyclic) bond motifs is 1. The highest BCUT2D eigenvalue weighted by Crippen LogP contribution is 2.29. The molecule has 3 heterocycles. The smallest absolute Gasteiger partial charge is 0.193 e. The van der Waals surface area contributed by atoms with Crippen LogP contribution in [-0.4, -0.2) is 75.5 Å². The second kappa shape index (κ2) is 10.1. The van der Waals surface area contributed by atoms with E-state index in [1.807, 2.05) is 7.05 Å². The zero-order valence-corrected chi connectivity index (χ0v) is 19.3. The third-order valence-electron chi connectivity index (χ3n) is 6.00. The molecule has 156 valence electrons. The fourth-order valence-electron chi connectivity index (χ4n) is 4.49. The monoisotopic (exact) mass is 500 g/mol. The SMILES string of the molecule is CN=C(NCC(C)N1CCc2ccccc21)N1CCOC(C2CCCO2)C1.I. The van der Waals surface area contributed by atoms with E-state index in [1.54, 1.807) is 0 Å². The third-order valence-corrected chi connectivity index (χ3v) is 6.00. The van der Waals surface area contributed by atoms with E-state index in [4.69, 9.17) is 9.47 Å². The number of morpholine rings is 1. The topological polar surface area (TPSA) is 49.3 Å². The average Bonchev–Trinajstić information content (AvgIpc) is 3.38. The van der Waals surface area contributed by atoms with Crippen LogP contribution in [0.1, 0.15) is 25.3 Å². The predicted octanol–water partition coefficient (Wildman–Crippen LogP) is 2.51. The van der Waals surface area contributed by atoms with Crippen LogP contribution in [0, 0.1) is 0 Å². The van der Waals surface area contributed by atoms with Gasteiger partial charge in [0.1, 0.15) is 6.10 Å². The molecule has 1 N–H and O–H groups in total. The molecule has 2 fully saturated rings. The molecule has 4 rings (SSSR count). The Bertz CT molecular complexity index is 666. The Morgan fingerprint density at radius 1 is 1.21 bits per heavy atom. The van der Waals surface area contributed by atoms with Crippen molar-refractivity contribution in [1.29, 1.82) is 0 Å². The van der Waals surface area contributed by atoms with E-state index in [2.05, 4.69) is 51.3 Å². The highest BCUT2D eigenvalue weighted by Gasteiger charge is 2.32. The number of hydrogen-bond acceptors (Lipinski definition) is 4. The molecule has 2 saturated heterocycles. The molecule has 1 aromatic rings. The molecule has 3 aliphatic heterocycles. The van der Waals surface area contributed by atoms with Crippen LogP contribution in [0.2, 0.25) is 0 Å². The number of hydrogen-bond donors (Lipinski definition) is 1. The Balaban J connectivity index is 0.00000225. The maximum atomic E-state index is 5.98. The summed E-state index contributed by atoms with van der Waals surface area (Å²) in [6.45, 7) is 7.60. The van der Waals surface area contributed by atoms with E-state index in [1.165, 1.54) is 11.3 Å². The predicted molar refractivity (Wildman–Crippen MR) is 124 cm³/mol. The van der Waals surface area contributed by atoms with Gasteiger partial charge in [0.2, 0.25) is 0 Å². The van der Waals surface area contributed by atoms with Crippen molar-refractivity contribution in [3.8, 4) is 0 Å². The van der Waals surface area contributed by atoms with E-state index in [0.29, 0.717) is 6.04 Å². The summed E-state index contributed by atoms with van der Waals surface area (Å²) >= 11 is 0. The molecular formula is C21H33IN4O2. The van der Waals surface area contributed by atoms with Gasteiger partial charge in [-0.3, -0.25) is 4.99 Å². The normalized spacial score (nSPS) is 26.0. The summed E-state index contributed by atoms with van der Waals surface area (Å²) in [6.07, 6.45) is 3.79. The molecule has 0 saturated carbocycles.